The molecule has 4 aromatic carbocycles. The Hall–Kier alpha value is -5.74. The average molecular weight is 1160 g/mol. The molecule has 4 aliphatic heterocycles. The summed E-state index contributed by atoms with van der Waals surface area (Å²) in [4.78, 5) is 61.3. The molecule has 2 saturated heterocycles. The summed E-state index contributed by atoms with van der Waals surface area (Å²) < 4.78 is 90.4. The van der Waals surface area contributed by atoms with Gasteiger partial charge in [-0.3, -0.25) is 9.59 Å². The van der Waals surface area contributed by atoms with E-state index in [1.807, 2.05) is 34.1 Å². The summed E-state index contributed by atoms with van der Waals surface area (Å²) in [5, 5.41) is 0. The van der Waals surface area contributed by atoms with Gasteiger partial charge in [-0.1, -0.05) is 71.5 Å². The van der Waals surface area contributed by atoms with Crippen LogP contribution in [-0.2, 0) is 57.3 Å². The van der Waals surface area contributed by atoms with Crippen molar-refractivity contribution in [1.82, 2.24) is 19.6 Å². The van der Waals surface area contributed by atoms with Gasteiger partial charge in [0.2, 0.25) is 11.8 Å². The van der Waals surface area contributed by atoms with Gasteiger partial charge in [0.15, 0.2) is 0 Å². The second-order valence-corrected chi connectivity index (χ2v) is 24.6. The number of carbonyl (C=O) groups is 4. The van der Waals surface area contributed by atoms with Gasteiger partial charge in [0.05, 0.1) is 46.3 Å². The van der Waals surface area contributed by atoms with Crippen LogP contribution in [0.25, 0.3) is 0 Å². The number of halogens is 6. The van der Waals surface area contributed by atoms with Gasteiger partial charge in [-0.2, -0.15) is 26.3 Å². The topological polar surface area (TPSA) is 99.7 Å². The number of piperidine rings is 2. The summed E-state index contributed by atoms with van der Waals surface area (Å²) >= 11 is 0. The Morgan fingerprint density at radius 1 is 0.518 bits per heavy atom. The molecule has 4 aromatic rings. The fourth-order valence-corrected chi connectivity index (χ4v) is 14.6. The second kappa shape index (κ2) is 26.3. The molecular formula is C67H86F6N4O6. The van der Waals surface area contributed by atoms with Crippen molar-refractivity contribution in [1.29, 1.82) is 0 Å². The van der Waals surface area contributed by atoms with Crippen LogP contribution < -0.4 is 0 Å². The van der Waals surface area contributed by atoms with Crippen molar-refractivity contribution < 1.29 is 55.0 Å². The first kappa shape index (κ1) is 63.3. The molecule has 2 aliphatic carbocycles. The summed E-state index contributed by atoms with van der Waals surface area (Å²) in [6.45, 7) is 18.1. The summed E-state index contributed by atoms with van der Waals surface area (Å²) in [7, 11) is 0. The van der Waals surface area contributed by atoms with E-state index in [2.05, 4.69) is 49.6 Å². The lowest BCUT2D eigenvalue weighted by Crippen LogP contribution is -2.48. The van der Waals surface area contributed by atoms with Crippen LogP contribution in [0.15, 0.2) is 84.9 Å². The molecular weight excluding hydrogens is 1070 g/mol. The number of carbonyl (C=O) groups excluding carboxylic acids is 4. The molecule has 16 heteroatoms. The van der Waals surface area contributed by atoms with E-state index >= 15 is 0 Å². The minimum Gasteiger partial charge on any atom is -0.462 e. The van der Waals surface area contributed by atoms with E-state index in [-0.39, 0.29) is 56.1 Å². The highest BCUT2D eigenvalue weighted by Gasteiger charge is 2.53. The zero-order valence-electron chi connectivity index (χ0n) is 48.6. The van der Waals surface area contributed by atoms with E-state index in [4.69, 9.17) is 9.47 Å². The molecule has 0 aromatic heterocycles. The van der Waals surface area contributed by atoms with Gasteiger partial charge >= 0.3 is 24.3 Å². The number of hydrogen-bond acceptors (Lipinski definition) is 8. The molecule has 2 unspecified atom stereocenters. The molecule has 2 saturated carbocycles. The van der Waals surface area contributed by atoms with Gasteiger partial charge in [-0.15, -0.1) is 0 Å². The van der Waals surface area contributed by atoms with Crippen molar-refractivity contribution in [3.8, 4) is 0 Å². The quantitative estimate of drug-likeness (QED) is 0.102. The SMILES string of the molecule is C.CCOC(=O)c1cccc(C2CCN(C3CC[C@@](C(=O)N4CCc5ccc(C(F)(F)F)cc5C4)(C(C)C)C3)CC2)c1.CCOC(=O)c1cccc(C2CCN(C3CC[C@@](C(=O)N4CCc5ccc(C(F)(F)F)cc5C4)(C(C)C)C3)CC2)c1. The predicted molar refractivity (Wildman–Crippen MR) is 310 cm³/mol. The highest BCUT2D eigenvalue weighted by atomic mass is 19.4. The van der Waals surface area contributed by atoms with Crippen molar-refractivity contribution in [2.45, 2.75) is 175 Å². The molecule has 83 heavy (non-hydrogen) atoms. The minimum atomic E-state index is -4.39. The van der Waals surface area contributed by atoms with E-state index in [1.54, 1.807) is 38.1 Å². The Labute approximate surface area is 487 Å². The van der Waals surface area contributed by atoms with Crippen LogP contribution in [0.3, 0.4) is 0 Å². The lowest BCUT2D eigenvalue weighted by Gasteiger charge is -2.41. The van der Waals surface area contributed by atoms with Crippen LogP contribution in [0.2, 0.25) is 0 Å². The number of hydrogen-bond donors (Lipinski definition) is 0. The number of benzene rings is 4. The number of esters is 2. The summed E-state index contributed by atoms with van der Waals surface area (Å²) in [5.41, 5.74) is 4.28. The maximum absolute atomic E-state index is 14.1. The fourth-order valence-electron chi connectivity index (χ4n) is 14.6. The normalized spacial score (nSPS) is 23.7. The average Bonchev–Trinajstić information content (AvgIpc) is 3.13. The zero-order valence-corrected chi connectivity index (χ0v) is 48.6. The number of likely N-dealkylation sites (tertiary alicyclic amines) is 2. The van der Waals surface area contributed by atoms with Gasteiger partial charge in [0.1, 0.15) is 0 Å². The fraction of sp³-hybridized carbons (Fsp3) is 0.582. The van der Waals surface area contributed by atoms with Gasteiger partial charge in [-0.25, -0.2) is 9.59 Å². The zero-order chi connectivity index (χ0) is 58.7. The smallest absolute Gasteiger partial charge is 0.416 e. The highest BCUT2D eigenvalue weighted by Crippen LogP contribution is 2.51. The van der Waals surface area contributed by atoms with E-state index in [1.165, 1.54) is 23.3 Å². The molecule has 0 bridgehead atoms. The lowest BCUT2D eigenvalue weighted by molar-refractivity contribution is -0.146. The van der Waals surface area contributed by atoms with Crippen LogP contribution in [-0.4, -0.2) is 108 Å². The molecule has 10 rings (SSSR count). The number of fused-ring (bicyclic) bond motifs is 2. The Kier molecular flexibility index (Phi) is 20.0. The van der Waals surface area contributed by atoms with Crippen LogP contribution in [0.4, 0.5) is 26.3 Å². The van der Waals surface area contributed by atoms with Crippen molar-refractivity contribution in [3.05, 3.63) is 141 Å². The van der Waals surface area contributed by atoms with Crippen molar-refractivity contribution in [3.63, 3.8) is 0 Å². The minimum absolute atomic E-state index is 0. The molecule has 0 spiro atoms. The van der Waals surface area contributed by atoms with Gasteiger partial charge < -0.3 is 29.1 Å². The molecule has 452 valence electrons. The third-order valence-corrected chi connectivity index (χ3v) is 19.6. The maximum atomic E-state index is 14.1. The van der Waals surface area contributed by atoms with Crippen LogP contribution in [0.1, 0.15) is 190 Å². The van der Waals surface area contributed by atoms with E-state index in [9.17, 15) is 45.5 Å². The first-order chi connectivity index (χ1) is 39.0. The van der Waals surface area contributed by atoms with E-state index in [0.29, 0.717) is 85.3 Å². The molecule has 6 aliphatic rings. The first-order valence-corrected chi connectivity index (χ1v) is 30.0. The van der Waals surface area contributed by atoms with Crippen LogP contribution in [0.5, 0.6) is 0 Å². The molecule has 4 heterocycles. The third kappa shape index (κ3) is 13.8. The van der Waals surface area contributed by atoms with Crippen molar-refractivity contribution in [2.75, 3.05) is 52.5 Å². The highest BCUT2D eigenvalue weighted by molar-refractivity contribution is 5.90. The molecule has 4 atom stereocenters. The Morgan fingerprint density at radius 2 is 0.892 bits per heavy atom. The molecule has 4 fully saturated rings. The maximum Gasteiger partial charge on any atom is 0.416 e. The second-order valence-electron chi connectivity index (χ2n) is 24.6. The Bertz CT molecular complexity index is 2730. The summed E-state index contributed by atoms with van der Waals surface area (Å²) in [5.74, 6) is 0.683. The standard InChI is InChI=1S/2C33H41F3N2O3.CH4/c2*1-4-41-30(39)26-7-5-6-25(18-26)24-11-15-37(16-12-24)29-10-14-32(20-29,22(2)3)31(40)38-17-13-23-8-9-28(33(34,35)36)19-27(23)21-38;/h2*5-9,18-19,22,24,29H,4,10-17,20-21H2,1-3H3;1H4/t2*29?,32-;/m00./s1. The molecule has 2 amide bonds. The number of amides is 2. The van der Waals surface area contributed by atoms with Gasteiger partial charge in [0, 0.05) is 38.3 Å². The number of ether oxygens (including phenoxy) is 2. The Morgan fingerprint density at radius 3 is 1.23 bits per heavy atom. The summed E-state index contributed by atoms with van der Waals surface area (Å²) in [6, 6.07) is 24.1. The summed E-state index contributed by atoms with van der Waals surface area (Å²) in [6.07, 6.45) is 1.47. The van der Waals surface area contributed by atoms with Crippen molar-refractivity contribution in [2.24, 2.45) is 22.7 Å². The largest absolute Gasteiger partial charge is 0.462 e. The third-order valence-electron chi connectivity index (χ3n) is 19.6. The van der Waals surface area contributed by atoms with Gasteiger partial charge in [-0.05, 0) is 223 Å². The number of nitrogens with zero attached hydrogens (tertiary/aromatic N) is 4. The Balaban J connectivity index is 0.000000214. The molecule has 0 radical (unpaired) electrons. The van der Waals surface area contributed by atoms with Gasteiger partial charge in [0.25, 0.3) is 0 Å². The number of alkyl halides is 6. The predicted octanol–water partition coefficient (Wildman–Crippen LogP) is 14.3. The number of rotatable bonds is 12. The first-order valence-electron chi connectivity index (χ1n) is 30.0. The van der Waals surface area contributed by atoms with Crippen LogP contribution in [0, 0.1) is 22.7 Å². The molecule has 10 nitrogen and oxygen atoms in total. The van der Waals surface area contributed by atoms with Crippen molar-refractivity contribution >= 4 is 23.8 Å². The van der Waals surface area contributed by atoms with Crippen LogP contribution >= 0.6 is 0 Å². The van der Waals surface area contributed by atoms with E-state index < -0.39 is 34.3 Å². The monoisotopic (exact) mass is 1160 g/mol. The lowest BCUT2D eigenvalue weighted by atomic mass is 9.73. The molecule has 0 N–H and O–H groups in total. The van der Waals surface area contributed by atoms with E-state index in [0.717, 1.165) is 114 Å².